The summed E-state index contributed by atoms with van der Waals surface area (Å²) in [6, 6.07) is 15.2. The van der Waals surface area contributed by atoms with Crippen LogP contribution in [0.1, 0.15) is 45.1 Å². The zero-order chi connectivity index (χ0) is 22.4. The number of hydrogen-bond acceptors (Lipinski definition) is 5. The summed E-state index contributed by atoms with van der Waals surface area (Å²) in [5.74, 6) is 1.42. The molecule has 3 rings (SSSR count). The molecule has 0 heterocycles. The van der Waals surface area contributed by atoms with Crippen LogP contribution in [0.25, 0.3) is 11.1 Å². The highest BCUT2D eigenvalue weighted by atomic mass is 16.3. The van der Waals surface area contributed by atoms with Crippen molar-refractivity contribution in [2.45, 2.75) is 45.1 Å². The molecule has 0 radical (unpaired) electrons. The van der Waals surface area contributed by atoms with E-state index in [1.54, 1.807) is 12.1 Å². The summed E-state index contributed by atoms with van der Waals surface area (Å²) >= 11 is 0. The number of aliphatic hydroxyl groups excluding tert-OH is 1. The number of nitrogens with one attached hydrogen (secondary N) is 1. The van der Waals surface area contributed by atoms with Gasteiger partial charge in [0.05, 0.1) is 0 Å². The van der Waals surface area contributed by atoms with Crippen molar-refractivity contribution in [2.24, 2.45) is 5.92 Å². The Hall–Kier alpha value is -2.79. The number of benzene rings is 2. The standard InChI is InChI=1S/C26H34N2O3/c1-19(2)25(28(3)14-4-5-15-29)27-26(18-30,22-12-13-22)23-10-6-8-20(16-23)21-9-7-11-24(31)17-21/h6-11,16-18,22,27,29,31H,4-5,12-15H2,1-3H3. The van der Waals surface area contributed by atoms with Gasteiger partial charge in [0.2, 0.25) is 0 Å². The minimum absolute atomic E-state index is 0.188. The molecule has 0 aliphatic heterocycles. The van der Waals surface area contributed by atoms with Gasteiger partial charge in [-0.3, -0.25) is 0 Å². The van der Waals surface area contributed by atoms with Crippen molar-refractivity contribution in [3.8, 4) is 16.9 Å². The summed E-state index contributed by atoms with van der Waals surface area (Å²) in [7, 11) is 2.03. The summed E-state index contributed by atoms with van der Waals surface area (Å²) in [4.78, 5) is 14.8. The number of aliphatic hydroxyl groups is 1. The smallest absolute Gasteiger partial charge is 0.150 e. The van der Waals surface area contributed by atoms with Crippen molar-refractivity contribution in [1.29, 1.82) is 0 Å². The van der Waals surface area contributed by atoms with Gasteiger partial charge in [-0.2, -0.15) is 0 Å². The van der Waals surface area contributed by atoms with Crippen molar-refractivity contribution in [1.82, 2.24) is 10.2 Å². The minimum atomic E-state index is -0.801. The third-order valence-electron chi connectivity index (χ3n) is 6.01. The second-order valence-corrected chi connectivity index (χ2v) is 8.72. The molecule has 0 spiro atoms. The third kappa shape index (κ3) is 5.28. The zero-order valence-corrected chi connectivity index (χ0v) is 18.8. The first-order valence-electron chi connectivity index (χ1n) is 11.0. The van der Waals surface area contributed by atoms with Gasteiger partial charge in [0.25, 0.3) is 0 Å². The molecule has 1 aliphatic rings. The van der Waals surface area contributed by atoms with Gasteiger partial charge in [-0.05, 0) is 85.9 Å². The average molecular weight is 423 g/mol. The van der Waals surface area contributed by atoms with Crippen LogP contribution in [-0.4, -0.2) is 41.6 Å². The number of carbonyl (C=O) groups excluding carboxylic acids is 1. The second-order valence-electron chi connectivity index (χ2n) is 8.72. The second kappa shape index (κ2) is 10.0. The third-order valence-corrected chi connectivity index (χ3v) is 6.01. The molecule has 0 saturated heterocycles. The molecule has 0 aromatic heterocycles. The molecule has 2 aromatic carbocycles. The molecule has 2 aromatic rings. The number of phenolic OH excluding ortho intramolecular Hbond substituents is 1. The molecule has 5 heteroatoms. The number of aldehydes is 1. The van der Waals surface area contributed by atoms with Gasteiger partial charge < -0.3 is 25.2 Å². The van der Waals surface area contributed by atoms with E-state index in [1.807, 2.05) is 37.4 Å². The molecule has 0 bridgehead atoms. The molecule has 31 heavy (non-hydrogen) atoms. The van der Waals surface area contributed by atoms with Crippen molar-refractivity contribution in [2.75, 3.05) is 20.2 Å². The minimum Gasteiger partial charge on any atom is -0.508 e. The Morgan fingerprint density at radius 1 is 1.13 bits per heavy atom. The lowest BCUT2D eigenvalue weighted by atomic mass is 9.84. The average Bonchev–Trinajstić information content (AvgIpc) is 3.60. The first-order valence-corrected chi connectivity index (χ1v) is 11.0. The zero-order valence-electron chi connectivity index (χ0n) is 18.8. The van der Waals surface area contributed by atoms with Crippen LogP contribution in [0.3, 0.4) is 0 Å². The van der Waals surface area contributed by atoms with E-state index in [1.165, 1.54) is 0 Å². The Kier molecular flexibility index (Phi) is 7.39. The summed E-state index contributed by atoms with van der Waals surface area (Å²) in [5, 5.41) is 22.6. The maximum atomic E-state index is 12.7. The fraction of sp³-hybridized carbons (Fsp3) is 0.423. The van der Waals surface area contributed by atoms with Gasteiger partial charge in [0, 0.05) is 20.2 Å². The number of nitrogens with zero attached hydrogens (tertiary/aromatic N) is 1. The summed E-state index contributed by atoms with van der Waals surface area (Å²) in [6.45, 7) is 5.09. The van der Waals surface area contributed by atoms with Crippen molar-refractivity contribution in [3.05, 3.63) is 65.5 Å². The highest BCUT2D eigenvalue weighted by Gasteiger charge is 2.47. The van der Waals surface area contributed by atoms with Crippen LogP contribution in [0, 0.1) is 5.92 Å². The number of unbranched alkanes of at least 4 members (excludes halogenated alkanes) is 1. The molecule has 1 atom stereocenters. The highest BCUT2D eigenvalue weighted by molar-refractivity contribution is 5.73. The molecular weight excluding hydrogens is 388 g/mol. The predicted octanol–water partition coefficient (Wildman–Crippen LogP) is 4.41. The van der Waals surface area contributed by atoms with Crippen molar-refractivity contribution in [3.63, 3.8) is 0 Å². The van der Waals surface area contributed by atoms with Crippen LogP contribution in [0.2, 0.25) is 0 Å². The van der Waals surface area contributed by atoms with Gasteiger partial charge in [-0.15, -0.1) is 0 Å². The molecule has 1 saturated carbocycles. The summed E-state index contributed by atoms with van der Waals surface area (Å²) in [6.07, 6.45) is 4.72. The Labute approximate surface area is 185 Å². The number of phenols is 1. The van der Waals surface area contributed by atoms with Crippen LogP contribution in [0.4, 0.5) is 0 Å². The van der Waals surface area contributed by atoms with E-state index in [0.717, 1.165) is 66.6 Å². The van der Waals surface area contributed by atoms with Gasteiger partial charge in [-0.25, -0.2) is 0 Å². The topological polar surface area (TPSA) is 72.8 Å². The number of allylic oxidation sites excluding steroid dienone is 1. The monoisotopic (exact) mass is 422 g/mol. The number of hydrogen-bond donors (Lipinski definition) is 3. The Morgan fingerprint density at radius 3 is 2.39 bits per heavy atom. The Morgan fingerprint density at radius 2 is 1.81 bits per heavy atom. The number of carbonyl (C=O) groups is 1. The Balaban J connectivity index is 1.97. The van der Waals surface area contributed by atoms with Crippen LogP contribution < -0.4 is 5.32 Å². The highest BCUT2D eigenvalue weighted by Crippen LogP contribution is 2.46. The summed E-state index contributed by atoms with van der Waals surface area (Å²) < 4.78 is 0. The van der Waals surface area contributed by atoms with E-state index in [2.05, 4.69) is 30.1 Å². The lowest BCUT2D eigenvalue weighted by Gasteiger charge is -2.37. The normalized spacial score (nSPS) is 15.1. The maximum absolute atomic E-state index is 12.7. The largest absolute Gasteiger partial charge is 0.508 e. The molecule has 1 fully saturated rings. The van der Waals surface area contributed by atoms with Crippen LogP contribution in [0.5, 0.6) is 5.75 Å². The Bertz CT molecular complexity index is 932. The van der Waals surface area contributed by atoms with Crippen LogP contribution >= 0.6 is 0 Å². The summed E-state index contributed by atoms with van der Waals surface area (Å²) in [5.41, 5.74) is 3.14. The number of aromatic hydroxyl groups is 1. The van der Waals surface area contributed by atoms with Gasteiger partial charge in [0.15, 0.2) is 0 Å². The van der Waals surface area contributed by atoms with E-state index in [9.17, 15) is 9.90 Å². The van der Waals surface area contributed by atoms with Crippen molar-refractivity contribution < 1.29 is 15.0 Å². The van der Waals surface area contributed by atoms with E-state index < -0.39 is 5.54 Å². The molecule has 1 aliphatic carbocycles. The molecule has 3 N–H and O–H groups in total. The SMILES string of the molecule is CC(C)=C(NC(C=O)(c1cccc(-c2cccc(O)c2)c1)C1CC1)N(C)CCCCO. The van der Waals surface area contributed by atoms with Crippen LogP contribution in [0.15, 0.2) is 59.9 Å². The van der Waals surface area contributed by atoms with E-state index >= 15 is 0 Å². The quantitative estimate of drug-likeness (QED) is 0.370. The maximum Gasteiger partial charge on any atom is 0.150 e. The molecule has 0 amide bonds. The molecular formula is C26H34N2O3. The van der Waals surface area contributed by atoms with E-state index in [0.29, 0.717) is 0 Å². The van der Waals surface area contributed by atoms with E-state index in [4.69, 9.17) is 5.11 Å². The van der Waals surface area contributed by atoms with Crippen LogP contribution in [-0.2, 0) is 10.3 Å². The molecule has 1 unspecified atom stereocenters. The molecule has 166 valence electrons. The lowest BCUT2D eigenvalue weighted by molar-refractivity contribution is -0.114. The van der Waals surface area contributed by atoms with Gasteiger partial charge >= 0.3 is 0 Å². The predicted molar refractivity (Wildman–Crippen MR) is 124 cm³/mol. The van der Waals surface area contributed by atoms with Gasteiger partial charge in [0.1, 0.15) is 23.4 Å². The first-order chi connectivity index (χ1) is 14.9. The number of rotatable bonds is 11. The van der Waals surface area contributed by atoms with E-state index in [-0.39, 0.29) is 18.3 Å². The van der Waals surface area contributed by atoms with Gasteiger partial charge in [-0.1, -0.05) is 30.3 Å². The fourth-order valence-corrected chi connectivity index (χ4v) is 4.15. The first kappa shape index (κ1) is 22.9. The van der Waals surface area contributed by atoms with Crippen molar-refractivity contribution >= 4 is 6.29 Å². The lowest BCUT2D eigenvalue weighted by Crippen LogP contribution is -2.49. The molecule has 5 nitrogen and oxygen atoms in total. The fourth-order valence-electron chi connectivity index (χ4n) is 4.15.